The van der Waals surface area contributed by atoms with Crippen molar-refractivity contribution < 1.29 is 5.11 Å². The number of phenolic OH excluding ortho intramolecular Hbond substituents is 1. The Morgan fingerprint density at radius 1 is 1.47 bits per heavy atom. The number of likely N-dealkylation sites (N-methyl/N-ethyl adjacent to an activating group) is 1. The molecule has 0 spiro atoms. The van der Waals surface area contributed by atoms with Crippen LogP contribution < -0.4 is 0 Å². The summed E-state index contributed by atoms with van der Waals surface area (Å²) < 4.78 is 0. The Morgan fingerprint density at radius 2 is 2.33 bits per heavy atom. The summed E-state index contributed by atoms with van der Waals surface area (Å²) in [5, 5.41) is 9.45. The third kappa shape index (κ3) is 2.51. The standard InChI is InChI=1S/C13H19NO/c1-2-14-8-4-6-12(10-14)11-5-3-7-13(15)9-11/h3,5,7,9,12,15H,2,4,6,8,10H2,1H3/t12-/m0/s1. The number of likely N-dealkylation sites (tertiary alicyclic amines) is 1. The zero-order valence-electron chi connectivity index (χ0n) is 9.32. The molecule has 1 atom stereocenters. The molecule has 1 aromatic carbocycles. The lowest BCUT2D eigenvalue weighted by Gasteiger charge is -2.32. The topological polar surface area (TPSA) is 23.5 Å². The first kappa shape index (κ1) is 10.5. The molecule has 1 fully saturated rings. The van der Waals surface area contributed by atoms with Crippen LogP contribution in [0.4, 0.5) is 0 Å². The monoisotopic (exact) mass is 205 g/mol. The van der Waals surface area contributed by atoms with Gasteiger partial charge in [-0.15, -0.1) is 0 Å². The molecule has 2 rings (SSSR count). The Hall–Kier alpha value is -1.02. The van der Waals surface area contributed by atoms with Crippen molar-refractivity contribution in [2.24, 2.45) is 0 Å². The first-order chi connectivity index (χ1) is 7.29. The van der Waals surface area contributed by atoms with Gasteiger partial charge >= 0.3 is 0 Å². The molecule has 1 N–H and O–H groups in total. The zero-order valence-corrected chi connectivity index (χ0v) is 9.32. The van der Waals surface area contributed by atoms with Crippen LogP contribution in [0.5, 0.6) is 5.75 Å². The molecule has 0 aromatic heterocycles. The Bertz CT molecular complexity index is 324. The summed E-state index contributed by atoms with van der Waals surface area (Å²) in [6, 6.07) is 7.72. The quantitative estimate of drug-likeness (QED) is 0.802. The van der Waals surface area contributed by atoms with E-state index in [9.17, 15) is 5.11 Å². The molecule has 1 aliphatic heterocycles. The minimum atomic E-state index is 0.390. The number of hydrogen-bond acceptors (Lipinski definition) is 2. The molecule has 1 aromatic rings. The largest absolute Gasteiger partial charge is 0.508 e. The van der Waals surface area contributed by atoms with Crippen molar-refractivity contribution in [1.29, 1.82) is 0 Å². The van der Waals surface area contributed by atoms with Crippen molar-refractivity contribution in [3.05, 3.63) is 29.8 Å². The predicted molar refractivity (Wildman–Crippen MR) is 62.2 cm³/mol. The summed E-state index contributed by atoms with van der Waals surface area (Å²) in [6.45, 7) is 5.71. The number of piperidine rings is 1. The van der Waals surface area contributed by atoms with Gasteiger partial charge < -0.3 is 10.0 Å². The highest BCUT2D eigenvalue weighted by Gasteiger charge is 2.20. The van der Waals surface area contributed by atoms with Crippen LogP contribution in [0, 0.1) is 0 Å². The smallest absolute Gasteiger partial charge is 0.115 e. The second-order valence-corrected chi connectivity index (χ2v) is 4.33. The third-order valence-corrected chi connectivity index (χ3v) is 3.29. The van der Waals surface area contributed by atoms with E-state index in [1.165, 1.54) is 24.9 Å². The predicted octanol–water partition coefficient (Wildman–Crippen LogP) is 2.59. The second-order valence-electron chi connectivity index (χ2n) is 4.33. The molecule has 0 radical (unpaired) electrons. The summed E-state index contributed by atoms with van der Waals surface area (Å²) >= 11 is 0. The van der Waals surface area contributed by atoms with E-state index in [0.29, 0.717) is 11.7 Å². The van der Waals surface area contributed by atoms with Crippen LogP contribution in [0.2, 0.25) is 0 Å². The number of phenols is 1. The fraction of sp³-hybridized carbons (Fsp3) is 0.538. The molecule has 0 aliphatic carbocycles. The van der Waals surface area contributed by atoms with Crippen molar-refractivity contribution in [3.8, 4) is 5.75 Å². The number of benzene rings is 1. The first-order valence-electron chi connectivity index (χ1n) is 5.81. The lowest BCUT2D eigenvalue weighted by atomic mass is 9.90. The van der Waals surface area contributed by atoms with Gasteiger partial charge in [0.05, 0.1) is 0 Å². The van der Waals surface area contributed by atoms with E-state index < -0.39 is 0 Å². The summed E-state index contributed by atoms with van der Waals surface area (Å²) in [6.07, 6.45) is 2.52. The maximum Gasteiger partial charge on any atom is 0.115 e. The first-order valence-corrected chi connectivity index (χ1v) is 5.81. The lowest BCUT2D eigenvalue weighted by Crippen LogP contribution is -2.34. The van der Waals surface area contributed by atoms with Crippen molar-refractivity contribution in [2.75, 3.05) is 19.6 Å². The average Bonchev–Trinajstić information content (AvgIpc) is 2.29. The summed E-state index contributed by atoms with van der Waals surface area (Å²) in [5.74, 6) is 0.993. The van der Waals surface area contributed by atoms with E-state index in [1.807, 2.05) is 12.1 Å². The fourth-order valence-electron chi connectivity index (χ4n) is 2.39. The maximum atomic E-state index is 9.45. The molecule has 0 unspecified atom stereocenters. The molecule has 2 heteroatoms. The van der Waals surface area contributed by atoms with E-state index in [2.05, 4.69) is 17.9 Å². The molecule has 1 aliphatic rings. The van der Waals surface area contributed by atoms with Gasteiger partial charge in [-0.1, -0.05) is 19.1 Å². The highest BCUT2D eigenvalue weighted by molar-refractivity contribution is 5.30. The Balaban J connectivity index is 2.09. The molecule has 1 heterocycles. The summed E-state index contributed by atoms with van der Waals surface area (Å²) in [5.41, 5.74) is 1.29. The Morgan fingerprint density at radius 3 is 3.07 bits per heavy atom. The van der Waals surface area contributed by atoms with Gasteiger partial charge in [-0.25, -0.2) is 0 Å². The number of hydrogen-bond donors (Lipinski definition) is 1. The summed E-state index contributed by atoms with van der Waals surface area (Å²) in [4.78, 5) is 2.48. The van der Waals surface area contributed by atoms with E-state index in [-0.39, 0.29) is 0 Å². The van der Waals surface area contributed by atoms with E-state index >= 15 is 0 Å². The molecule has 82 valence electrons. The minimum absolute atomic E-state index is 0.390. The molecule has 15 heavy (non-hydrogen) atoms. The molecule has 2 nitrogen and oxygen atoms in total. The van der Waals surface area contributed by atoms with E-state index in [4.69, 9.17) is 0 Å². The van der Waals surface area contributed by atoms with Crippen molar-refractivity contribution in [2.45, 2.75) is 25.7 Å². The maximum absolute atomic E-state index is 9.45. The van der Waals surface area contributed by atoms with Gasteiger partial charge in [0, 0.05) is 6.54 Å². The number of aromatic hydroxyl groups is 1. The highest BCUT2D eigenvalue weighted by Crippen LogP contribution is 2.28. The van der Waals surface area contributed by atoms with E-state index in [1.54, 1.807) is 6.07 Å². The lowest BCUT2D eigenvalue weighted by molar-refractivity contribution is 0.218. The normalized spacial score (nSPS) is 22.9. The van der Waals surface area contributed by atoms with Crippen LogP contribution in [0.25, 0.3) is 0 Å². The third-order valence-electron chi connectivity index (χ3n) is 3.29. The number of rotatable bonds is 2. The van der Waals surface area contributed by atoms with Crippen LogP contribution in [-0.2, 0) is 0 Å². The van der Waals surface area contributed by atoms with Gasteiger partial charge in [0.1, 0.15) is 5.75 Å². The van der Waals surface area contributed by atoms with Crippen LogP contribution in [0.1, 0.15) is 31.2 Å². The average molecular weight is 205 g/mol. The van der Waals surface area contributed by atoms with Gasteiger partial charge in [-0.05, 0) is 49.5 Å². The number of nitrogens with zero attached hydrogens (tertiary/aromatic N) is 1. The Labute approximate surface area is 91.5 Å². The summed E-state index contributed by atoms with van der Waals surface area (Å²) in [7, 11) is 0. The molecule has 0 amide bonds. The zero-order chi connectivity index (χ0) is 10.7. The van der Waals surface area contributed by atoms with Crippen molar-refractivity contribution in [1.82, 2.24) is 4.90 Å². The molecular weight excluding hydrogens is 186 g/mol. The van der Waals surface area contributed by atoms with Crippen molar-refractivity contribution >= 4 is 0 Å². The SMILES string of the molecule is CCN1CCC[C@H](c2cccc(O)c2)C1. The fourth-order valence-corrected chi connectivity index (χ4v) is 2.39. The van der Waals surface area contributed by atoms with Crippen LogP contribution in [-0.4, -0.2) is 29.6 Å². The molecule has 0 bridgehead atoms. The van der Waals surface area contributed by atoms with Crippen LogP contribution in [0.3, 0.4) is 0 Å². The van der Waals surface area contributed by atoms with Crippen molar-refractivity contribution in [3.63, 3.8) is 0 Å². The Kier molecular flexibility index (Phi) is 3.27. The molecular formula is C13H19NO. The minimum Gasteiger partial charge on any atom is -0.508 e. The molecule has 0 saturated carbocycles. The van der Waals surface area contributed by atoms with Gasteiger partial charge in [-0.3, -0.25) is 0 Å². The highest BCUT2D eigenvalue weighted by atomic mass is 16.3. The second kappa shape index (κ2) is 4.67. The van der Waals surface area contributed by atoms with E-state index in [0.717, 1.165) is 13.1 Å². The molecule has 1 saturated heterocycles. The van der Waals surface area contributed by atoms with Gasteiger partial charge in [-0.2, -0.15) is 0 Å². The van der Waals surface area contributed by atoms with Gasteiger partial charge in [0.2, 0.25) is 0 Å². The van der Waals surface area contributed by atoms with Crippen LogP contribution >= 0.6 is 0 Å². The van der Waals surface area contributed by atoms with Gasteiger partial charge in [0.25, 0.3) is 0 Å². The van der Waals surface area contributed by atoms with Gasteiger partial charge in [0.15, 0.2) is 0 Å². The van der Waals surface area contributed by atoms with Crippen LogP contribution in [0.15, 0.2) is 24.3 Å².